The summed E-state index contributed by atoms with van der Waals surface area (Å²) >= 11 is 1.75. The summed E-state index contributed by atoms with van der Waals surface area (Å²) in [5.41, 5.74) is 1.28. The minimum Gasteiger partial charge on any atom is -0.270 e. The minimum atomic E-state index is 0. The SMILES string of the molecule is Cc1[c-]csc1C.[V]. The van der Waals surface area contributed by atoms with Gasteiger partial charge in [-0.2, -0.15) is 0 Å². The summed E-state index contributed by atoms with van der Waals surface area (Å²) < 4.78 is 0. The van der Waals surface area contributed by atoms with Crippen molar-refractivity contribution in [3.63, 3.8) is 0 Å². The van der Waals surface area contributed by atoms with E-state index < -0.39 is 0 Å². The molecule has 0 aliphatic rings. The van der Waals surface area contributed by atoms with Crippen LogP contribution in [0.2, 0.25) is 0 Å². The zero-order valence-corrected chi connectivity index (χ0v) is 7.15. The van der Waals surface area contributed by atoms with E-state index in [1.807, 2.05) is 5.38 Å². The Morgan fingerprint density at radius 1 is 1.50 bits per heavy atom. The summed E-state index contributed by atoms with van der Waals surface area (Å²) in [6, 6.07) is 3.09. The second kappa shape index (κ2) is 3.34. The molecular formula is C6H7SV-. The van der Waals surface area contributed by atoms with Gasteiger partial charge in [-0.25, -0.2) is 11.6 Å². The smallest absolute Gasteiger partial charge is 0 e. The van der Waals surface area contributed by atoms with Crippen LogP contribution in [0.15, 0.2) is 5.38 Å². The fraction of sp³-hybridized carbons (Fsp3) is 0.333. The Hall–Kier alpha value is 0.284. The van der Waals surface area contributed by atoms with E-state index in [0.717, 1.165) is 0 Å². The first-order valence-electron chi connectivity index (χ1n) is 2.23. The van der Waals surface area contributed by atoms with Crippen LogP contribution in [0.25, 0.3) is 0 Å². The molecule has 1 rings (SSSR count). The molecule has 0 aliphatic carbocycles. The van der Waals surface area contributed by atoms with E-state index in [1.54, 1.807) is 11.3 Å². The van der Waals surface area contributed by atoms with Crippen LogP contribution in [0.5, 0.6) is 0 Å². The van der Waals surface area contributed by atoms with E-state index in [9.17, 15) is 0 Å². The molecule has 0 unspecified atom stereocenters. The van der Waals surface area contributed by atoms with Gasteiger partial charge < -0.3 is 0 Å². The van der Waals surface area contributed by atoms with Crippen molar-refractivity contribution in [3.8, 4) is 0 Å². The quantitative estimate of drug-likeness (QED) is 0.513. The monoisotopic (exact) mass is 162 g/mol. The number of aryl methyl sites for hydroxylation is 2. The molecule has 0 saturated heterocycles. The van der Waals surface area contributed by atoms with Gasteiger partial charge in [0.05, 0.1) is 0 Å². The van der Waals surface area contributed by atoms with Gasteiger partial charge in [-0.1, -0.05) is 13.8 Å². The van der Waals surface area contributed by atoms with Crippen molar-refractivity contribution in [1.82, 2.24) is 0 Å². The molecule has 0 bridgehead atoms. The summed E-state index contributed by atoms with van der Waals surface area (Å²) in [7, 11) is 0. The fourth-order valence-corrected chi connectivity index (χ4v) is 1.04. The summed E-state index contributed by atoms with van der Waals surface area (Å²) in [5, 5.41) is 1.99. The first-order valence-corrected chi connectivity index (χ1v) is 3.11. The molecule has 1 radical (unpaired) electrons. The first-order chi connectivity index (χ1) is 3.30. The molecule has 0 nitrogen and oxygen atoms in total. The van der Waals surface area contributed by atoms with E-state index in [4.69, 9.17) is 0 Å². The molecule has 0 saturated carbocycles. The largest absolute Gasteiger partial charge is 0.270 e. The van der Waals surface area contributed by atoms with Crippen LogP contribution in [0.4, 0.5) is 0 Å². The van der Waals surface area contributed by atoms with Gasteiger partial charge in [0.15, 0.2) is 0 Å². The maximum absolute atomic E-state index is 3.09. The molecule has 0 fully saturated rings. The Bertz CT molecular complexity index is 141. The standard InChI is InChI=1S/C6H7S.V/c1-5-3-4-7-6(5)2;/h4H,1-2H3;/q-1;. The second-order valence-electron chi connectivity index (χ2n) is 1.56. The topological polar surface area (TPSA) is 0 Å². The third-order valence-electron chi connectivity index (χ3n) is 1.04. The molecular weight excluding hydrogens is 155 g/mol. The number of hydrogen-bond acceptors (Lipinski definition) is 1. The normalized spacial score (nSPS) is 8.25. The van der Waals surface area contributed by atoms with Gasteiger partial charge in [0.1, 0.15) is 0 Å². The van der Waals surface area contributed by atoms with Crippen molar-refractivity contribution in [3.05, 3.63) is 21.9 Å². The van der Waals surface area contributed by atoms with Gasteiger partial charge in [-0.3, -0.25) is 11.3 Å². The predicted octanol–water partition coefficient (Wildman–Crippen LogP) is 2.16. The zero-order chi connectivity index (χ0) is 5.28. The van der Waals surface area contributed by atoms with E-state index in [2.05, 4.69) is 19.9 Å². The predicted molar refractivity (Wildman–Crippen MR) is 32.6 cm³/mol. The van der Waals surface area contributed by atoms with Crippen LogP contribution in [0.3, 0.4) is 0 Å². The average Bonchev–Trinajstić information content (AvgIpc) is 1.91. The summed E-state index contributed by atoms with van der Waals surface area (Å²) in [5.74, 6) is 0. The Labute approximate surface area is 65.8 Å². The van der Waals surface area contributed by atoms with Crippen LogP contribution in [0, 0.1) is 19.9 Å². The van der Waals surface area contributed by atoms with E-state index in [0.29, 0.717) is 0 Å². The summed E-state index contributed by atoms with van der Waals surface area (Å²) in [6.07, 6.45) is 0. The maximum atomic E-state index is 3.09. The number of hydrogen-bond donors (Lipinski definition) is 0. The molecule has 0 atom stereocenters. The molecule has 0 aliphatic heterocycles. The van der Waals surface area contributed by atoms with Gasteiger partial charge in [-0.05, 0) is 0 Å². The van der Waals surface area contributed by atoms with Crippen molar-refractivity contribution in [2.24, 2.45) is 0 Å². The van der Waals surface area contributed by atoms with Crippen LogP contribution in [-0.4, -0.2) is 0 Å². The molecule has 2 heteroatoms. The van der Waals surface area contributed by atoms with Gasteiger partial charge in [0.2, 0.25) is 0 Å². The Balaban J connectivity index is 0.000000490. The Morgan fingerprint density at radius 2 is 2.12 bits per heavy atom. The van der Waals surface area contributed by atoms with E-state index >= 15 is 0 Å². The van der Waals surface area contributed by atoms with E-state index in [-0.39, 0.29) is 18.6 Å². The van der Waals surface area contributed by atoms with Crippen molar-refractivity contribution in [2.75, 3.05) is 0 Å². The molecule has 0 N–H and O–H groups in total. The molecule has 0 aromatic carbocycles. The maximum Gasteiger partial charge on any atom is 0 e. The average molecular weight is 162 g/mol. The second-order valence-corrected chi connectivity index (χ2v) is 2.65. The van der Waals surface area contributed by atoms with Crippen molar-refractivity contribution >= 4 is 11.3 Å². The Kier molecular flexibility index (Phi) is 3.46. The van der Waals surface area contributed by atoms with Gasteiger partial charge in [0.25, 0.3) is 0 Å². The minimum absolute atomic E-state index is 0. The molecule has 0 spiro atoms. The van der Waals surface area contributed by atoms with Gasteiger partial charge >= 0.3 is 0 Å². The molecule has 1 aromatic heterocycles. The third kappa shape index (κ3) is 1.66. The van der Waals surface area contributed by atoms with Crippen LogP contribution < -0.4 is 0 Å². The first kappa shape index (κ1) is 8.28. The Morgan fingerprint density at radius 3 is 2.25 bits per heavy atom. The molecule has 1 aromatic rings. The number of thiophene rings is 1. The van der Waals surface area contributed by atoms with Crippen LogP contribution >= 0.6 is 11.3 Å². The summed E-state index contributed by atoms with van der Waals surface area (Å²) in [6.45, 7) is 4.18. The van der Waals surface area contributed by atoms with Gasteiger partial charge in [-0.15, -0.1) is 10.3 Å². The number of rotatable bonds is 0. The van der Waals surface area contributed by atoms with E-state index in [1.165, 1.54) is 10.4 Å². The summed E-state index contributed by atoms with van der Waals surface area (Å²) in [4.78, 5) is 1.38. The fourth-order valence-electron chi connectivity index (χ4n) is 0.396. The molecule has 0 amide bonds. The third-order valence-corrected chi connectivity index (χ3v) is 1.93. The van der Waals surface area contributed by atoms with Crippen molar-refractivity contribution < 1.29 is 18.6 Å². The van der Waals surface area contributed by atoms with Crippen molar-refractivity contribution in [2.45, 2.75) is 13.8 Å². The van der Waals surface area contributed by atoms with Crippen LogP contribution in [0.1, 0.15) is 10.4 Å². The van der Waals surface area contributed by atoms with Crippen LogP contribution in [-0.2, 0) is 18.6 Å². The zero-order valence-electron chi connectivity index (χ0n) is 4.93. The van der Waals surface area contributed by atoms with Crippen molar-refractivity contribution in [1.29, 1.82) is 0 Å². The molecule has 43 valence electrons. The molecule has 8 heavy (non-hydrogen) atoms. The van der Waals surface area contributed by atoms with Gasteiger partial charge in [0, 0.05) is 18.6 Å². The molecule has 1 heterocycles.